The van der Waals surface area contributed by atoms with Gasteiger partial charge in [-0.15, -0.1) is 11.3 Å². The highest BCUT2D eigenvalue weighted by molar-refractivity contribution is 7.16. The van der Waals surface area contributed by atoms with Gasteiger partial charge in [-0.1, -0.05) is 72.3 Å². The normalized spacial score (nSPS) is 10.9. The topological polar surface area (TPSA) is 51.2 Å². The average molecular weight is 441 g/mol. The summed E-state index contributed by atoms with van der Waals surface area (Å²) in [5.41, 5.74) is 5.20. The number of thiazole rings is 1. The maximum absolute atomic E-state index is 12.4. The largest absolute Gasteiger partial charge is 0.489 e. The molecule has 0 saturated carbocycles. The van der Waals surface area contributed by atoms with Gasteiger partial charge in [-0.2, -0.15) is 0 Å². The Morgan fingerprint density at radius 3 is 2.41 bits per heavy atom. The predicted molar refractivity (Wildman–Crippen MR) is 132 cm³/mol. The van der Waals surface area contributed by atoms with Crippen molar-refractivity contribution in [2.45, 2.75) is 20.5 Å². The van der Waals surface area contributed by atoms with Crippen molar-refractivity contribution >= 4 is 28.5 Å². The highest BCUT2D eigenvalue weighted by Crippen LogP contribution is 2.30. The summed E-state index contributed by atoms with van der Waals surface area (Å²) in [6.45, 7) is 4.59. The Morgan fingerprint density at radius 2 is 1.69 bits per heavy atom. The van der Waals surface area contributed by atoms with Crippen molar-refractivity contribution in [3.8, 4) is 17.0 Å². The van der Waals surface area contributed by atoms with Gasteiger partial charge in [0.25, 0.3) is 0 Å². The number of anilines is 1. The minimum Gasteiger partial charge on any atom is -0.489 e. The molecule has 4 rings (SSSR count). The summed E-state index contributed by atoms with van der Waals surface area (Å²) in [6.07, 6.45) is 3.29. The van der Waals surface area contributed by atoms with Crippen LogP contribution in [0.5, 0.6) is 5.75 Å². The molecule has 160 valence electrons. The Labute approximate surface area is 192 Å². The van der Waals surface area contributed by atoms with Crippen LogP contribution in [-0.4, -0.2) is 10.9 Å². The van der Waals surface area contributed by atoms with Crippen LogP contribution in [0.1, 0.15) is 21.6 Å². The Bertz CT molecular complexity index is 1210. The molecule has 0 radical (unpaired) electrons. The van der Waals surface area contributed by atoms with E-state index in [1.807, 2.05) is 61.5 Å². The second-order valence-electron chi connectivity index (χ2n) is 7.46. The van der Waals surface area contributed by atoms with Crippen LogP contribution in [0, 0.1) is 13.8 Å². The molecule has 1 N–H and O–H groups in total. The molecular formula is C27H24N2O2S. The van der Waals surface area contributed by atoms with Gasteiger partial charge in [-0.05, 0) is 43.2 Å². The van der Waals surface area contributed by atoms with Crippen molar-refractivity contribution in [1.82, 2.24) is 4.98 Å². The fourth-order valence-electron chi connectivity index (χ4n) is 3.16. The van der Waals surface area contributed by atoms with Crippen LogP contribution in [0.4, 0.5) is 5.13 Å². The van der Waals surface area contributed by atoms with E-state index < -0.39 is 0 Å². The lowest BCUT2D eigenvalue weighted by atomic mass is 10.1. The molecular weight excluding hydrogens is 416 g/mol. The fourth-order valence-corrected chi connectivity index (χ4v) is 4.00. The molecule has 4 nitrogen and oxygen atoms in total. The zero-order chi connectivity index (χ0) is 22.3. The summed E-state index contributed by atoms with van der Waals surface area (Å²) >= 11 is 1.48. The number of hydrogen-bond donors (Lipinski definition) is 1. The van der Waals surface area contributed by atoms with Gasteiger partial charge in [-0.25, -0.2) is 4.98 Å². The van der Waals surface area contributed by atoms with E-state index in [9.17, 15) is 4.79 Å². The Kier molecular flexibility index (Phi) is 6.78. The molecule has 0 atom stereocenters. The molecule has 1 heterocycles. The molecule has 0 aliphatic rings. The molecule has 1 amide bonds. The maximum Gasteiger partial charge on any atom is 0.250 e. The second-order valence-corrected chi connectivity index (χ2v) is 8.66. The SMILES string of the molecule is Cc1ccc(-c2nc(NC(=O)/C=C/c3ccc(OCc4ccccc4)cc3)sc2C)cc1. The van der Waals surface area contributed by atoms with Gasteiger partial charge in [0.15, 0.2) is 5.13 Å². The van der Waals surface area contributed by atoms with Gasteiger partial charge in [0.1, 0.15) is 12.4 Å². The standard InChI is InChI=1S/C27H24N2O2S/c1-19-8-13-23(14-9-19)26-20(2)32-27(29-26)28-25(30)17-12-21-10-15-24(16-11-21)31-18-22-6-4-3-5-7-22/h3-17H,18H2,1-2H3,(H,28,29,30)/b17-12+. The number of rotatable bonds is 7. The van der Waals surface area contributed by atoms with Crippen LogP contribution in [0.25, 0.3) is 17.3 Å². The molecule has 0 saturated heterocycles. The summed E-state index contributed by atoms with van der Waals surface area (Å²) in [6, 6.07) is 25.9. The maximum atomic E-state index is 12.4. The van der Waals surface area contributed by atoms with E-state index in [4.69, 9.17) is 4.74 Å². The molecule has 0 fully saturated rings. The highest BCUT2D eigenvalue weighted by atomic mass is 32.1. The summed E-state index contributed by atoms with van der Waals surface area (Å²) < 4.78 is 5.80. The van der Waals surface area contributed by atoms with E-state index in [0.717, 1.165) is 33.0 Å². The third-order valence-corrected chi connectivity index (χ3v) is 5.79. The van der Waals surface area contributed by atoms with Crippen molar-refractivity contribution in [2.24, 2.45) is 0 Å². The van der Waals surface area contributed by atoms with Crippen LogP contribution in [0.15, 0.2) is 84.9 Å². The van der Waals surface area contributed by atoms with E-state index in [1.165, 1.54) is 23.0 Å². The smallest absolute Gasteiger partial charge is 0.250 e. The number of hydrogen-bond acceptors (Lipinski definition) is 4. The summed E-state index contributed by atoms with van der Waals surface area (Å²) in [5, 5.41) is 3.46. The average Bonchev–Trinajstić information content (AvgIpc) is 3.18. The predicted octanol–water partition coefficient (Wildman–Crippen LogP) is 6.66. The highest BCUT2D eigenvalue weighted by Gasteiger charge is 2.11. The first-order valence-electron chi connectivity index (χ1n) is 10.4. The van der Waals surface area contributed by atoms with Gasteiger partial charge < -0.3 is 4.74 Å². The van der Waals surface area contributed by atoms with Gasteiger partial charge in [0, 0.05) is 16.5 Å². The molecule has 0 aliphatic heterocycles. The number of nitrogens with zero attached hydrogens (tertiary/aromatic N) is 1. The van der Waals surface area contributed by atoms with Crippen molar-refractivity contribution in [3.05, 3.63) is 107 Å². The fraction of sp³-hybridized carbons (Fsp3) is 0.111. The van der Waals surface area contributed by atoms with Crippen LogP contribution in [-0.2, 0) is 11.4 Å². The van der Waals surface area contributed by atoms with Crippen molar-refractivity contribution in [3.63, 3.8) is 0 Å². The lowest BCUT2D eigenvalue weighted by Crippen LogP contribution is -2.07. The number of nitrogens with one attached hydrogen (secondary N) is 1. The number of carbonyl (C=O) groups is 1. The number of carbonyl (C=O) groups excluding carboxylic acids is 1. The van der Waals surface area contributed by atoms with E-state index in [1.54, 1.807) is 6.08 Å². The van der Waals surface area contributed by atoms with Gasteiger partial charge in [-0.3, -0.25) is 10.1 Å². The van der Waals surface area contributed by atoms with E-state index in [0.29, 0.717) is 11.7 Å². The number of benzene rings is 3. The number of aryl methyl sites for hydroxylation is 2. The summed E-state index contributed by atoms with van der Waals surface area (Å²) in [4.78, 5) is 18.0. The minimum atomic E-state index is -0.210. The molecule has 0 bridgehead atoms. The number of aromatic nitrogens is 1. The first-order chi connectivity index (χ1) is 15.6. The Balaban J connectivity index is 1.33. The summed E-state index contributed by atoms with van der Waals surface area (Å²) in [7, 11) is 0. The lowest BCUT2D eigenvalue weighted by Gasteiger charge is -2.06. The lowest BCUT2D eigenvalue weighted by molar-refractivity contribution is -0.111. The Hall–Kier alpha value is -3.70. The van der Waals surface area contributed by atoms with Crippen LogP contribution in [0.3, 0.4) is 0 Å². The first-order valence-corrected chi connectivity index (χ1v) is 11.2. The first kappa shape index (κ1) is 21.5. The van der Waals surface area contributed by atoms with Crippen LogP contribution in [0.2, 0.25) is 0 Å². The van der Waals surface area contributed by atoms with Crippen molar-refractivity contribution in [1.29, 1.82) is 0 Å². The molecule has 0 spiro atoms. The quantitative estimate of drug-likeness (QED) is 0.327. The zero-order valence-electron chi connectivity index (χ0n) is 18.0. The molecule has 3 aromatic carbocycles. The number of amides is 1. The van der Waals surface area contributed by atoms with Gasteiger partial charge in [0.2, 0.25) is 5.91 Å². The van der Waals surface area contributed by atoms with E-state index in [2.05, 4.69) is 41.5 Å². The molecule has 5 heteroatoms. The van der Waals surface area contributed by atoms with Gasteiger partial charge in [0.05, 0.1) is 5.69 Å². The third kappa shape index (κ3) is 5.71. The van der Waals surface area contributed by atoms with E-state index >= 15 is 0 Å². The van der Waals surface area contributed by atoms with Crippen molar-refractivity contribution < 1.29 is 9.53 Å². The summed E-state index contributed by atoms with van der Waals surface area (Å²) in [5.74, 6) is 0.580. The minimum absolute atomic E-state index is 0.210. The second kappa shape index (κ2) is 10.1. The zero-order valence-corrected chi connectivity index (χ0v) is 18.9. The molecule has 0 unspecified atom stereocenters. The van der Waals surface area contributed by atoms with Crippen LogP contribution >= 0.6 is 11.3 Å². The molecule has 4 aromatic rings. The third-order valence-electron chi connectivity index (χ3n) is 4.91. The Morgan fingerprint density at radius 1 is 0.969 bits per heavy atom. The monoisotopic (exact) mass is 440 g/mol. The molecule has 1 aromatic heterocycles. The van der Waals surface area contributed by atoms with E-state index in [-0.39, 0.29) is 5.91 Å². The van der Waals surface area contributed by atoms with Crippen LogP contribution < -0.4 is 10.1 Å². The van der Waals surface area contributed by atoms with Gasteiger partial charge >= 0.3 is 0 Å². The van der Waals surface area contributed by atoms with Crippen molar-refractivity contribution in [2.75, 3.05) is 5.32 Å². The number of ether oxygens (including phenoxy) is 1. The molecule has 0 aliphatic carbocycles. The molecule has 32 heavy (non-hydrogen) atoms.